The van der Waals surface area contributed by atoms with E-state index >= 15 is 0 Å². The molecule has 0 spiro atoms. The van der Waals surface area contributed by atoms with E-state index in [2.05, 4.69) is 9.47 Å². The Morgan fingerprint density at radius 2 is 1.57 bits per heavy atom. The SMILES string of the molecule is COC(=O)Oc1ccc(C(CC(C)OC(=O)OC2CCCCC2)[C@H](N)C(=O)O)cc1OC(=O)OC. The molecular weight excluding hydrogens is 466 g/mol. The van der Waals surface area contributed by atoms with Gasteiger partial charge in [0, 0.05) is 5.92 Å². The normalized spacial score (nSPS) is 16.2. The second kappa shape index (κ2) is 13.4. The van der Waals surface area contributed by atoms with Crippen LogP contribution >= 0.6 is 0 Å². The van der Waals surface area contributed by atoms with Crippen LogP contribution in [0.2, 0.25) is 0 Å². The molecule has 0 aromatic heterocycles. The van der Waals surface area contributed by atoms with E-state index in [1.807, 2.05) is 0 Å². The van der Waals surface area contributed by atoms with E-state index in [0.29, 0.717) is 5.56 Å². The average Bonchev–Trinajstić information content (AvgIpc) is 2.83. The molecule has 12 nitrogen and oxygen atoms in total. The van der Waals surface area contributed by atoms with Crippen LogP contribution in [0.4, 0.5) is 14.4 Å². The zero-order valence-electron chi connectivity index (χ0n) is 19.9. The van der Waals surface area contributed by atoms with Crippen molar-refractivity contribution in [3.63, 3.8) is 0 Å². The van der Waals surface area contributed by atoms with Crippen molar-refractivity contribution in [2.24, 2.45) is 5.73 Å². The fraction of sp³-hybridized carbons (Fsp3) is 0.565. The van der Waals surface area contributed by atoms with E-state index in [9.17, 15) is 24.3 Å². The molecule has 0 amide bonds. The Morgan fingerprint density at radius 1 is 0.971 bits per heavy atom. The third-order valence-corrected chi connectivity index (χ3v) is 5.53. The van der Waals surface area contributed by atoms with Crippen LogP contribution in [0.1, 0.15) is 56.9 Å². The second-order valence-corrected chi connectivity index (χ2v) is 8.08. The third-order valence-electron chi connectivity index (χ3n) is 5.53. The Labute approximate surface area is 202 Å². The molecule has 1 aliphatic carbocycles. The zero-order valence-corrected chi connectivity index (χ0v) is 19.9. The number of rotatable bonds is 9. The number of carboxylic acids is 1. The molecular formula is C23H31NO11. The van der Waals surface area contributed by atoms with E-state index < -0.39 is 42.5 Å². The monoisotopic (exact) mass is 497 g/mol. The summed E-state index contributed by atoms with van der Waals surface area (Å²) in [5, 5.41) is 9.53. The first-order valence-corrected chi connectivity index (χ1v) is 11.2. The van der Waals surface area contributed by atoms with Gasteiger partial charge in [-0.25, -0.2) is 14.4 Å². The summed E-state index contributed by atoms with van der Waals surface area (Å²) in [5.74, 6) is -2.57. The number of methoxy groups -OCH3 is 2. The predicted molar refractivity (Wildman–Crippen MR) is 119 cm³/mol. The molecule has 0 heterocycles. The van der Waals surface area contributed by atoms with Crippen LogP contribution < -0.4 is 15.2 Å². The van der Waals surface area contributed by atoms with E-state index in [0.717, 1.165) is 46.3 Å². The maximum absolute atomic E-state index is 12.2. The lowest BCUT2D eigenvalue weighted by Crippen LogP contribution is -2.38. The third kappa shape index (κ3) is 8.63. The number of nitrogens with two attached hydrogens (primary N) is 1. The Hall–Kier alpha value is -3.54. The van der Waals surface area contributed by atoms with Crippen molar-refractivity contribution >= 4 is 24.4 Å². The molecule has 0 bridgehead atoms. The van der Waals surface area contributed by atoms with Crippen molar-refractivity contribution in [3.05, 3.63) is 23.8 Å². The van der Waals surface area contributed by atoms with Crippen LogP contribution in [-0.4, -0.2) is 62.0 Å². The number of ether oxygens (including phenoxy) is 6. The van der Waals surface area contributed by atoms with Gasteiger partial charge >= 0.3 is 24.4 Å². The molecule has 0 radical (unpaired) electrons. The predicted octanol–water partition coefficient (Wildman–Crippen LogP) is 3.74. The molecule has 194 valence electrons. The van der Waals surface area contributed by atoms with Gasteiger partial charge in [-0.1, -0.05) is 12.5 Å². The number of carbonyl (C=O) groups excluding carboxylic acids is 3. The fourth-order valence-corrected chi connectivity index (χ4v) is 3.76. The topological polar surface area (TPSA) is 170 Å². The van der Waals surface area contributed by atoms with Crippen molar-refractivity contribution < 1.29 is 52.7 Å². The Bertz CT molecular complexity index is 897. The fourth-order valence-electron chi connectivity index (χ4n) is 3.76. The van der Waals surface area contributed by atoms with Crippen LogP contribution in [0.15, 0.2) is 18.2 Å². The Balaban J connectivity index is 2.22. The summed E-state index contributed by atoms with van der Waals surface area (Å²) in [6, 6.07) is 2.63. The second-order valence-electron chi connectivity index (χ2n) is 8.08. The van der Waals surface area contributed by atoms with E-state index in [4.69, 9.17) is 24.7 Å². The quantitative estimate of drug-likeness (QED) is 0.288. The highest BCUT2D eigenvalue weighted by atomic mass is 16.7. The largest absolute Gasteiger partial charge is 0.513 e. The standard InChI is InChI=1S/C23H31NO11/c1-13(32-23(29)33-15-7-5-4-6-8-15)11-16(19(24)20(25)26)14-9-10-17(34-21(27)30-2)18(12-14)35-22(28)31-3/h9-10,12-13,15-16,19H,4-8,11,24H2,1-3H3,(H,25,26)/t13?,16?,19-/m0/s1. The molecule has 1 fully saturated rings. The molecule has 1 aromatic rings. The number of carbonyl (C=O) groups is 4. The van der Waals surface area contributed by atoms with Crippen LogP contribution in [0.5, 0.6) is 11.5 Å². The minimum absolute atomic E-state index is 0.0160. The van der Waals surface area contributed by atoms with Crippen LogP contribution in [0.25, 0.3) is 0 Å². The molecule has 3 atom stereocenters. The molecule has 12 heteroatoms. The Morgan fingerprint density at radius 3 is 2.14 bits per heavy atom. The molecule has 1 aliphatic rings. The summed E-state index contributed by atoms with van der Waals surface area (Å²) in [4.78, 5) is 47.1. The lowest BCUT2D eigenvalue weighted by molar-refractivity contribution is -0.139. The lowest BCUT2D eigenvalue weighted by atomic mass is 9.87. The molecule has 35 heavy (non-hydrogen) atoms. The summed E-state index contributed by atoms with van der Waals surface area (Å²) in [6.45, 7) is 1.59. The van der Waals surface area contributed by atoms with Crippen molar-refractivity contribution in [2.45, 2.75) is 69.6 Å². The first kappa shape index (κ1) is 27.7. The van der Waals surface area contributed by atoms with Crippen LogP contribution in [-0.2, 0) is 23.7 Å². The minimum Gasteiger partial charge on any atom is -0.480 e. The first-order valence-electron chi connectivity index (χ1n) is 11.2. The highest BCUT2D eigenvalue weighted by Gasteiger charge is 2.31. The minimum atomic E-state index is -1.39. The van der Waals surface area contributed by atoms with Gasteiger partial charge in [-0.2, -0.15) is 0 Å². The van der Waals surface area contributed by atoms with Crippen molar-refractivity contribution in [1.29, 1.82) is 0 Å². The molecule has 1 saturated carbocycles. The van der Waals surface area contributed by atoms with Gasteiger partial charge in [0.25, 0.3) is 0 Å². The number of hydrogen-bond acceptors (Lipinski definition) is 11. The first-order chi connectivity index (χ1) is 16.6. The van der Waals surface area contributed by atoms with Gasteiger partial charge in [0.15, 0.2) is 11.5 Å². The molecule has 0 aliphatic heterocycles. The highest BCUT2D eigenvalue weighted by molar-refractivity contribution is 5.75. The summed E-state index contributed by atoms with van der Waals surface area (Å²) in [5.41, 5.74) is 6.26. The summed E-state index contributed by atoms with van der Waals surface area (Å²) in [7, 11) is 2.18. The van der Waals surface area contributed by atoms with E-state index in [1.54, 1.807) is 6.92 Å². The summed E-state index contributed by atoms with van der Waals surface area (Å²) < 4.78 is 29.6. The zero-order chi connectivity index (χ0) is 26.0. The van der Waals surface area contributed by atoms with Gasteiger partial charge in [-0.15, -0.1) is 0 Å². The van der Waals surface area contributed by atoms with Gasteiger partial charge in [-0.3, -0.25) is 4.79 Å². The van der Waals surface area contributed by atoms with Crippen molar-refractivity contribution in [2.75, 3.05) is 14.2 Å². The number of hydrogen-bond donors (Lipinski definition) is 2. The average molecular weight is 497 g/mol. The van der Waals surface area contributed by atoms with E-state index in [-0.39, 0.29) is 24.0 Å². The molecule has 3 N–H and O–H groups in total. The van der Waals surface area contributed by atoms with Crippen molar-refractivity contribution in [1.82, 2.24) is 0 Å². The number of benzene rings is 1. The van der Waals surface area contributed by atoms with E-state index in [1.165, 1.54) is 18.2 Å². The molecule has 2 rings (SSSR count). The van der Waals surface area contributed by atoms with Gasteiger partial charge in [-0.05, 0) is 56.7 Å². The van der Waals surface area contributed by atoms with Gasteiger partial charge < -0.3 is 39.3 Å². The Kier molecular flexibility index (Phi) is 10.6. The smallest absolute Gasteiger partial charge is 0.480 e. The molecule has 2 unspecified atom stereocenters. The highest BCUT2D eigenvalue weighted by Crippen LogP contribution is 2.35. The molecule has 1 aromatic carbocycles. The maximum atomic E-state index is 12.2. The van der Waals surface area contributed by atoms with Crippen LogP contribution in [0.3, 0.4) is 0 Å². The van der Waals surface area contributed by atoms with Gasteiger partial charge in [0.05, 0.1) is 14.2 Å². The number of carboxylic acid groups (broad SMARTS) is 1. The van der Waals surface area contributed by atoms with Crippen LogP contribution in [0, 0.1) is 0 Å². The lowest BCUT2D eigenvalue weighted by Gasteiger charge is -2.26. The van der Waals surface area contributed by atoms with Gasteiger partial charge in [0.2, 0.25) is 0 Å². The number of aliphatic carboxylic acids is 1. The maximum Gasteiger partial charge on any atom is 0.513 e. The van der Waals surface area contributed by atoms with Crippen molar-refractivity contribution in [3.8, 4) is 11.5 Å². The molecule has 0 saturated heterocycles. The summed E-state index contributed by atoms with van der Waals surface area (Å²) >= 11 is 0. The van der Waals surface area contributed by atoms with Gasteiger partial charge in [0.1, 0.15) is 18.2 Å². The summed E-state index contributed by atoms with van der Waals surface area (Å²) in [6.07, 6.45) is 0.694.